The van der Waals surface area contributed by atoms with Crippen LogP contribution in [-0.4, -0.2) is 48.5 Å². The smallest absolute Gasteiger partial charge is 0.241 e. The van der Waals surface area contributed by atoms with Gasteiger partial charge >= 0.3 is 0 Å². The number of hydrogen-bond acceptors (Lipinski definition) is 5. The Hall–Kier alpha value is -2.13. The summed E-state index contributed by atoms with van der Waals surface area (Å²) in [7, 11) is 0. The van der Waals surface area contributed by atoms with Crippen LogP contribution in [0.1, 0.15) is 17.0 Å². The summed E-state index contributed by atoms with van der Waals surface area (Å²) in [5, 5.41) is 15.5. The fourth-order valence-electron chi connectivity index (χ4n) is 2.31. The van der Waals surface area contributed by atoms with Gasteiger partial charge in [-0.2, -0.15) is 5.26 Å². The van der Waals surface area contributed by atoms with E-state index >= 15 is 0 Å². The fourth-order valence-corrected chi connectivity index (χ4v) is 2.31. The standard InChI is InChI=1S/C14H19N5O/c1-10-7-13(12(8-15)11(2)18-10)17-9-14(20)19-5-3-16-4-6-19/h7,16H,3-6,9H2,1-2H3,(H,17,18). The number of rotatable bonds is 3. The van der Waals surface area contributed by atoms with Crippen molar-refractivity contribution in [2.24, 2.45) is 0 Å². The van der Waals surface area contributed by atoms with Crippen LogP contribution in [0.4, 0.5) is 5.69 Å². The first-order chi connectivity index (χ1) is 9.61. The number of nitrogens with one attached hydrogen (secondary N) is 2. The molecule has 0 radical (unpaired) electrons. The monoisotopic (exact) mass is 273 g/mol. The van der Waals surface area contributed by atoms with Crippen LogP contribution in [-0.2, 0) is 4.79 Å². The first kappa shape index (κ1) is 14.3. The highest BCUT2D eigenvalue weighted by atomic mass is 16.2. The first-order valence-corrected chi connectivity index (χ1v) is 6.72. The van der Waals surface area contributed by atoms with Crippen LogP contribution in [0.15, 0.2) is 6.07 Å². The van der Waals surface area contributed by atoms with Gasteiger partial charge in [-0.15, -0.1) is 0 Å². The van der Waals surface area contributed by atoms with Crippen LogP contribution >= 0.6 is 0 Å². The van der Waals surface area contributed by atoms with E-state index < -0.39 is 0 Å². The summed E-state index contributed by atoms with van der Waals surface area (Å²) in [6.07, 6.45) is 0. The van der Waals surface area contributed by atoms with E-state index in [-0.39, 0.29) is 12.5 Å². The number of piperazine rings is 1. The van der Waals surface area contributed by atoms with Gasteiger partial charge in [-0.3, -0.25) is 9.78 Å². The Kier molecular flexibility index (Phi) is 4.53. The Morgan fingerprint density at radius 1 is 1.50 bits per heavy atom. The van der Waals surface area contributed by atoms with Gasteiger partial charge in [0, 0.05) is 31.9 Å². The number of aryl methyl sites for hydroxylation is 2. The number of amides is 1. The summed E-state index contributed by atoms with van der Waals surface area (Å²) in [6, 6.07) is 3.94. The van der Waals surface area contributed by atoms with E-state index in [1.165, 1.54) is 0 Å². The molecule has 1 saturated heterocycles. The maximum Gasteiger partial charge on any atom is 0.241 e. The Morgan fingerprint density at radius 3 is 2.85 bits per heavy atom. The third-order valence-corrected chi connectivity index (χ3v) is 3.34. The van der Waals surface area contributed by atoms with Crippen LogP contribution < -0.4 is 10.6 Å². The van der Waals surface area contributed by atoms with E-state index in [1.54, 1.807) is 13.0 Å². The van der Waals surface area contributed by atoms with Gasteiger partial charge in [-0.1, -0.05) is 0 Å². The van der Waals surface area contributed by atoms with Crippen molar-refractivity contribution in [1.29, 1.82) is 5.26 Å². The number of nitriles is 1. The summed E-state index contributed by atoms with van der Waals surface area (Å²) < 4.78 is 0. The summed E-state index contributed by atoms with van der Waals surface area (Å²) in [6.45, 7) is 7.02. The second-order valence-electron chi connectivity index (χ2n) is 4.87. The molecule has 0 aliphatic carbocycles. The molecule has 2 N–H and O–H groups in total. The van der Waals surface area contributed by atoms with E-state index in [0.717, 1.165) is 31.9 Å². The largest absolute Gasteiger partial charge is 0.375 e. The molecule has 1 aliphatic rings. The van der Waals surface area contributed by atoms with Crippen molar-refractivity contribution in [3.05, 3.63) is 23.0 Å². The molecule has 0 bridgehead atoms. The molecule has 0 unspecified atom stereocenters. The molecule has 106 valence electrons. The van der Waals surface area contributed by atoms with Gasteiger partial charge in [0.05, 0.1) is 23.5 Å². The topological polar surface area (TPSA) is 81.0 Å². The number of nitrogens with zero attached hydrogens (tertiary/aromatic N) is 3. The van der Waals surface area contributed by atoms with Crippen LogP contribution in [0.25, 0.3) is 0 Å². The molecule has 6 heteroatoms. The van der Waals surface area contributed by atoms with Crippen molar-refractivity contribution in [3.63, 3.8) is 0 Å². The predicted octanol–water partition coefficient (Wildman–Crippen LogP) is 0.414. The zero-order chi connectivity index (χ0) is 14.5. The fraction of sp³-hybridized carbons (Fsp3) is 0.500. The van der Waals surface area contributed by atoms with Crippen LogP contribution in [0, 0.1) is 25.2 Å². The van der Waals surface area contributed by atoms with Gasteiger partial charge in [0.2, 0.25) is 5.91 Å². The molecule has 2 heterocycles. The van der Waals surface area contributed by atoms with Crippen LogP contribution in [0.5, 0.6) is 0 Å². The Morgan fingerprint density at radius 2 is 2.20 bits per heavy atom. The molecule has 20 heavy (non-hydrogen) atoms. The van der Waals surface area contributed by atoms with Gasteiger partial charge in [-0.05, 0) is 19.9 Å². The number of anilines is 1. The molecule has 0 spiro atoms. The quantitative estimate of drug-likeness (QED) is 0.834. The molecule has 1 aliphatic heterocycles. The third-order valence-electron chi connectivity index (χ3n) is 3.34. The van der Waals surface area contributed by atoms with Crippen molar-refractivity contribution in [2.75, 3.05) is 38.0 Å². The second-order valence-corrected chi connectivity index (χ2v) is 4.87. The molecule has 1 amide bonds. The lowest BCUT2D eigenvalue weighted by Gasteiger charge is -2.27. The minimum atomic E-state index is 0.0579. The lowest BCUT2D eigenvalue weighted by atomic mass is 10.1. The minimum Gasteiger partial charge on any atom is -0.375 e. The van der Waals surface area contributed by atoms with Gasteiger partial charge < -0.3 is 15.5 Å². The SMILES string of the molecule is Cc1cc(NCC(=O)N2CCNCC2)c(C#N)c(C)n1. The van der Waals surface area contributed by atoms with Gasteiger partial charge in [0.1, 0.15) is 6.07 Å². The number of hydrogen-bond donors (Lipinski definition) is 2. The molecule has 0 atom stereocenters. The van der Waals surface area contributed by atoms with Gasteiger partial charge in [0.25, 0.3) is 0 Å². The van der Waals surface area contributed by atoms with E-state index in [1.807, 2.05) is 11.8 Å². The lowest BCUT2D eigenvalue weighted by Crippen LogP contribution is -2.48. The van der Waals surface area contributed by atoms with E-state index in [9.17, 15) is 10.1 Å². The molecule has 1 aromatic heterocycles. The molecule has 2 rings (SSSR count). The van der Waals surface area contributed by atoms with E-state index in [0.29, 0.717) is 16.9 Å². The molecule has 1 fully saturated rings. The zero-order valence-corrected chi connectivity index (χ0v) is 11.9. The second kappa shape index (κ2) is 6.35. The predicted molar refractivity (Wildman–Crippen MR) is 76.4 cm³/mol. The minimum absolute atomic E-state index is 0.0579. The maximum atomic E-state index is 12.1. The zero-order valence-electron chi connectivity index (χ0n) is 11.9. The van der Waals surface area contributed by atoms with Crippen molar-refractivity contribution in [2.45, 2.75) is 13.8 Å². The summed E-state index contributed by atoms with van der Waals surface area (Å²) in [5.41, 5.74) is 2.70. The van der Waals surface area contributed by atoms with Crippen LogP contribution in [0.2, 0.25) is 0 Å². The van der Waals surface area contributed by atoms with Crippen molar-refractivity contribution < 1.29 is 4.79 Å². The number of carbonyl (C=O) groups is 1. The number of carbonyl (C=O) groups excluding carboxylic acids is 1. The van der Waals surface area contributed by atoms with E-state index in [4.69, 9.17) is 0 Å². The lowest BCUT2D eigenvalue weighted by molar-refractivity contribution is -0.129. The summed E-state index contributed by atoms with van der Waals surface area (Å²) >= 11 is 0. The van der Waals surface area contributed by atoms with Gasteiger partial charge in [-0.25, -0.2) is 0 Å². The normalized spacial score (nSPS) is 14.8. The maximum absolute atomic E-state index is 12.1. The molecular formula is C14H19N5O. The highest BCUT2D eigenvalue weighted by molar-refractivity contribution is 5.81. The molecule has 0 saturated carbocycles. The highest BCUT2D eigenvalue weighted by Gasteiger charge is 2.16. The molecule has 1 aromatic rings. The van der Waals surface area contributed by atoms with Crippen molar-refractivity contribution >= 4 is 11.6 Å². The first-order valence-electron chi connectivity index (χ1n) is 6.72. The van der Waals surface area contributed by atoms with E-state index in [2.05, 4.69) is 21.7 Å². The molecule has 6 nitrogen and oxygen atoms in total. The average Bonchev–Trinajstić information content (AvgIpc) is 2.45. The Labute approximate surface area is 118 Å². The Bertz CT molecular complexity index is 543. The number of pyridine rings is 1. The van der Waals surface area contributed by atoms with Gasteiger partial charge in [0.15, 0.2) is 0 Å². The van der Waals surface area contributed by atoms with Crippen molar-refractivity contribution in [1.82, 2.24) is 15.2 Å². The molecular weight excluding hydrogens is 254 g/mol. The highest BCUT2D eigenvalue weighted by Crippen LogP contribution is 2.18. The van der Waals surface area contributed by atoms with Crippen LogP contribution in [0.3, 0.4) is 0 Å². The van der Waals surface area contributed by atoms with Crippen molar-refractivity contribution in [3.8, 4) is 6.07 Å². The third kappa shape index (κ3) is 3.25. The average molecular weight is 273 g/mol. The summed E-state index contributed by atoms with van der Waals surface area (Å²) in [4.78, 5) is 18.2. The molecule has 0 aromatic carbocycles. The summed E-state index contributed by atoms with van der Waals surface area (Å²) in [5.74, 6) is 0.0579. The number of aromatic nitrogens is 1. The Balaban J connectivity index is 2.03.